The number of rotatable bonds is 4. The van der Waals surface area contributed by atoms with Crippen LogP contribution in [-0.4, -0.2) is 23.9 Å². The molecule has 6 nitrogen and oxygen atoms in total. The summed E-state index contributed by atoms with van der Waals surface area (Å²) in [4.78, 5) is 27.3. The molecule has 0 radical (unpaired) electrons. The van der Waals surface area contributed by atoms with Gasteiger partial charge in [0, 0.05) is 5.69 Å². The number of carbonyl (C=O) groups is 2. The summed E-state index contributed by atoms with van der Waals surface area (Å²) >= 11 is 0. The number of Topliss-reactive ketones (excluding diaryl/α,β-unsaturated/α-hetero) is 1. The van der Waals surface area contributed by atoms with Crippen LogP contribution in [0, 0.1) is 19.7 Å². The number of aryl methyl sites for hydroxylation is 2. The lowest BCUT2D eigenvalue weighted by Crippen LogP contribution is -2.29. The molecule has 1 amide bonds. The fraction of sp³-hybridized carbons (Fsp3) is 0.167. The molecule has 0 aliphatic carbocycles. The van der Waals surface area contributed by atoms with Gasteiger partial charge in [0.2, 0.25) is 0 Å². The molecule has 4 rings (SSSR count). The summed E-state index contributed by atoms with van der Waals surface area (Å²) in [6, 6.07) is 11.0. The Labute approximate surface area is 178 Å². The molecule has 0 bridgehead atoms. The van der Waals surface area contributed by atoms with Gasteiger partial charge in [0.1, 0.15) is 29.1 Å². The summed E-state index contributed by atoms with van der Waals surface area (Å²) in [6.45, 7) is 3.67. The lowest BCUT2D eigenvalue weighted by Gasteiger charge is -2.23. The number of amides is 1. The molecule has 3 aromatic rings. The number of hydrogen-bond acceptors (Lipinski definition) is 5. The van der Waals surface area contributed by atoms with Gasteiger partial charge in [0.25, 0.3) is 11.7 Å². The Morgan fingerprint density at radius 3 is 2.45 bits per heavy atom. The van der Waals surface area contributed by atoms with Gasteiger partial charge in [-0.25, -0.2) is 4.39 Å². The molecule has 1 atom stereocenters. The highest BCUT2D eigenvalue weighted by molar-refractivity contribution is 6.51. The highest BCUT2D eigenvalue weighted by Gasteiger charge is 2.48. The van der Waals surface area contributed by atoms with Crippen LogP contribution in [0.15, 0.2) is 64.8 Å². The number of hydrogen-bond donors (Lipinski definition) is 1. The first-order valence-corrected chi connectivity index (χ1v) is 9.59. The highest BCUT2D eigenvalue weighted by Crippen LogP contribution is 2.43. The number of aliphatic hydroxyl groups excluding tert-OH is 1. The first-order chi connectivity index (χ1) is 14.8. The van der Waals surface area contributed by atoms with Gasteiger partial charge in [-0.05, 0) is 67.4 Å². The molecule has 0 spiro atoms. The summed E-state index contributed by atoms with van der Waals surface area (Å²) in [5.74, 6) is -1.88. The topological polar surface area (TPSA) is 80.0 Å². The number of aliphatic hydroxyl groups is 1. The monoisotopic (exact) mass is 421 g/mol. The molecule has 1 saturated heterocycles. The largest absolute Gasteiger partial charge is 0.507 e. The quantitative estimate of drug-likeness (QED) is 0.376. The van der Waals surface area contributed by atoms with Gasteiger partial charge in [-0.2, -0.15) is 0 Å². The van der Waals surface area contributed by atoms with Crippen molar-refractivity contribution in [3.63, 3.8) is 0 Å². The Balaban J connectivity index is 1.97. The molecule has 1 aromatic heterocycles. The average molecular weight is 421 g/mol. The lowest BCUT2D eigenvalue weighted by molar-refractivity contribution is -0.132. The van der Waals surface area contributed by atoms with E-state index in [-0.39, 0.29) is 17.1 Å². The van der Waals surface area contributed by atoms with Crippen molar-refractivity contribution in [3.8, 4) is 5.75 Å². The van der Waals surface area contributed by atoms with Crippen LogP contribution in [0.5, 0.6) is 5.75 Å². The second kappa shape index (κ2) is 7.75. The van der Waals surface area contributed by atoms with Crippen molar-refractivity contribution in [2.45, 2.75) is 19.9 Å². The number of furan rings is 1. The number of methoxy groups -OCH3 is 1. The van der Waals surface area contributed by atoms with Crippen molar-refractivity contribution in [1.29, 1.82) is 0 Å². The molecule has 31 heavy (non-hydrogen) atoms. The lowest BCUT2D eigenvalue weighted by atomic mass is 9.96. The fourth-order valence-electron chi connectivity index (χ4n) is 3.96. The molecule has 1 unspecified atom stereocenters. The molecule has 2 aromatic carbocycles. The molecule has 0 saturated carbocycles. The van der Waals surface area contributed by atoms with Gasteiger partial charge in [-0.3, -0.25) is 14.5 Å². The van der Waals surface area contributed by atoms with Crippen LogP contribution in [0.3, 0.4) is 0 Å². The van der Waals surface area contributed by atoms with Crippen molar-refractivity contribution in [1.82, 2.24) is 0 Å². The minimum absolute atomic E-state index is 0.132. The van der Waals surface area contributed by atoms with Crippen LogP contribution in [0.1, 0.15) is 28.5 Å². The van der Waals surface area contributed by atoms with Crippen LogP contribution in [0.25, 0.3) is 5.76 Å². The standard InChI is InChI=1S/C24H20FNO5/c1-13-11-14(2)23(30-3)17(12-13)21(27)19-20(18-5-4-10-31-18)26(24(29)22(19)28)16-8-6-15(25)7-9-16/h4-12,20,27H,1-3H3/b21-19-. The van der Waals surface area contributed by atoms with Crippen molar-refractivity contribution in [2.75, 3.05) is 12.0 Å². The predicted octanol–water partition coefficient (Wildman–Crippen LogP) is 4.67. The van der Waals surface area contributed by atoms with Crippen molar-refractivity contribution < 1.29 is 28.2 Å². The maximum absolute atomic E-state index is 13.5. The third-order valence-electron chi connectivity index (χ3n) is 5.24. The molecular formula is C24H20FNO5. The Hall–Kier alpha value is -3.87. The number of benzene rings is 2. The molecule has 1 N–H and O–H groups in total. The maximum atomic E-state index is 13.5. The van der Waals surface area contributed by atoms with Gasteiger partial charge in [0.15, 0.2) is 0 Å². The summed E-state index contributed by atoms with van der Waals surface area (Å²) in [7, 11) is 1.47. The van der Waals surface area contributed by atoms with Gasteiger partial charge in [0.05, 0.1) is 24.5 Å². The first-order valence-electron chi connectivity index (χ1n) is 9.59. The summed E-state index contributed by atoms with van der Waals surface area (Å²) in [5.41, 5.74) is 2.09. The van der Waals surface area contributed by atoms with E-state index < -0.39 is 23.5 Å². The number of ether oxygens (including phenoxy) is 1. The third kappa shape index (κ3) is 3.38. The SMILES string of the molecule is COc1c(C)cc(C)cc1/C(O)=C1/C(=O)C(=O)N(c2ccc(F)cc2)C1c1ccco1. The van der Waals surface area contributed by atoms with E-state index in [0.717, 1.165) is 11.1 Å². The molecule has 1 aliphatic heterocycles. The normalized spacial score (nSPS) is 17.9. The van der Waals surface area contributed by atoms with Crippen molar-refractivity contribution in [3.05, 3.63) is 88.6 Å². The molecule has 7 heteroatoms. The van der Waals surface area contributed by atoms with Gasteiger partial charge < -0.3 is 14.3 Å². The van der Waals surface area contributed by atoms with Crippen LogP contribution in [0.4, 0.5) is 10.1 Å². The van der Waals surface area contributed by atoms with Crippen molar-refractivity contribution >= 4 is 23.1 Å². The highest BCUT2D eigenvalue weighted by atomic mass is 19.1. The number of halogens is 1. The molecule has 158 valence electrons. The summed E-state index contributed by atoms with van der Waals surface area (Å²) in [6.07, 6.45) is 1.41. The van der Waals surface area contributed by atoms with E-state index in [9.17, 15) is 19.1 Å². The van der Waals surface area contributed by atoms with Crippen molar-refractivity contribution in [2.24, 2.45) is 0 Å². The number of carbonyl (C=O) groups excluding carboxylic acids is 2. The number of anilines is 1. The molecule has 1 aliphatic rings. The zero-order chi connectivity index (χ0) is 22.3. The van der Waals surface area contributed by atoms with Crippen LogP contribution in [0.2, 0.25) is 0 Å². The van der Waals surface area contributed by atoms with Crippen LogP contribution >= 0.6 is 0 Å². The Morgan fingerprint density at radius 2 is 1.84 bits per heavy atom. The van der Waals surface area contributed by atoms with E-state index in [1.165, 1.54) is 42.5 Å². The third-order valence-corrected chi connectivity index (χ3v) is 5.24. The second-order valence-corrected chi connectivity index (χ2v) is 7.32. The van der Waals surface area contributed by atoms with Crippen LogP contribution in [-0.2, 0) is 9.59 Å². The van der Waals surface area contributed by atoms with Gasteiger partial charge in [-0.1, -0.05) is 6.07 Å². The molecule has 1 fully saturated rings. The zero-order valence-electron chi connectivity index (χ0n) is 17.2. The summed E-state index contributed by atoms with van der Waals surface area (Å²) < 4.78 is 24.4. The number of ketones is 1. The minimum atomic E-state index is -1.02. The Morgan fingerprint density at radius 1 is 1.13 bits per heavy atom. The second-order valence-electron chi connectivity index (χ2n) is 7.32. The minimum Gasteiger partial charge on any atom is -0.507 e. The predicted molar refractivity (Wildman–Crippen MR) is 112 cm³/mol. The van der Waals surface area contributed by atoms with E-state index in [1.54, 1.807) is 18.2 Å². The Kier molecular flexibility index (Phi) is 5.10. The summed E-state index contributed by atoms with van der Waals surface area (Å²) in [5, 5.41) is 11.2. The molecule has 2 heterocycles. The smallest absolute Gasteiger partial charge is 0.300 e. The fourth-order valence-corrected chi connectivity index (χ4v) is 3.96. The first kappa shape index (κ1) is 20.4. The van der Waals surface area contributed by atoms with Crippen LogP contribution < -0.4 is 9.64 Å². The van der Waals surface area contributed by atoms with E-state index in [1.807, 2.05) is 19.9 Å². The van der Waals surface area contributed by atoms with E-state index in [4.69, 9.17) is 9.15 Å². The van der Waals surface area contributed by atoms with E-state index in [0.29, 0.717) is 17.0 Å². The van der Waals surface area contributed by atoms with Gasteiger partial charge >= 0.3 is 0 Å². The number of nitrogens with zero attached hydrogens (tertiary/aromatic N) is 1. The van der Waals surface area contributed by atoms with Gasteiger partial charge in [-0.15, -0.1) is 0 Å². The zero-order valence-corrected chi connectivity index (χ0v) is 17.2. The average Bonchev–Trinajstić information content (AvgIpc) is 3.35. The Bertz CT molecular complexity index is 1200. The van der Waals surface area contributed by atoms with E-state index >= 15 is 0 Å². The van der Waals surface area contributed by atoms with E-state index in [2.05, 4.69) is 0 Å². The molecular weight excluding hydrogens is 401 g/mol. The maximum Gasteiger partial charge on any atom is 0.300 e.